The molecular formula is C11H27N2+. The Labute approximate surface area is 83.7 Å². The maximum atomic E-state index is 6.04. The highest BCUT2D eigenvalue weighted by Crippen LogP contribution is 2.09. The molecule has 1 unspecified atom stereocenters. The van der Waals surface area contributed by atoms with E-state index >= 15 is 0 Å². The maximum absolute atomic E-state index is 6.04. The van der Waals surface area contributed by atoms with Crippen molar-refractivity contribution in [2.75, 3.05) is 20.6 Å². The molecule has 0 aromatic carbocycles. The molecule has 80 valence electrons. The summed E-state index contributed by atoms with van der Waals surface area (Å²) in [5.41, 5.74) is 6.04. The summed E-state index contributed by atoms with van der Waals surface area (Å²) >= 11 is 0. The number of unbranched alkanes of at least 4 members (excludes halogenated alkanes) is 3. The summed E-state index contributed by atoms with van der Waals surface area (Å²) in [5.74, 6) is 0. The molecule has 0 aromatic heterocycles. The number of rotatable bonds is 7. The van der Waals surface area contributed by atoms with E-state index in [1.165, 1.54) is 32.2 Å². The SMILES string of the molecule is CCCCCC[N+](C)(C)C(N)CC. The fourth-order valence-electron chi connectivity index (χ4n) is 1.61. The van der Waals surface area contributed by atoms with Crippen LogP contribution in [0, 0.1) is 0 Å². The molecule has 0 rings (SSSR count). The lowest BCUT2D eigenvalue weighted by molar-refractivity contribution is -0.915. The van der Waals surface area contributed by atoms with Crippen LogP contribution in [0.1, 0.15) is 46.0 Å². The van der Waals surface area contributed by atoms with Crippen LogP contribution in [0.2, 0.25) is 0 Å². The molecule has 0 heterocycles. The van der Waals surface area contributed by atoms with Gasteiger partial charge in [0.15, 0.2) is 0 Å². The third-order valence-corrected chi connectivity index (χ3v) is 2.90. The monoisotopic (exact) mass is 187 g/mol. The number of hydrogen-bond acceptors (Lipinski definition) is 1. The second kappa shape index (κ2) is 6.39. The molecule has 0 saturated carbocycles. The van der Waals surface area contributed by atoms with Crippen LogP contribution in [0.4, 0.5) is 0 Å². The van der Waals surface area contributed by atoms with Gasteiger partial charge in [0.25, 0.3) is 0 Å². The van der Waals surface area contributed by atoms with E-state index in [-0.39, 0.29) is 0 Å². The molecule has 0 amide bonds. The van der Waals surface area contributed by atoms with Crippen LogP contribution in [-0.4, -0.2) is 31.3 Å². The first-order valence-electron chi connectivity index (χ1n) is 5.62. The van der Waals surface area contributed by atoms with Crippen molar-refractivity contribution in [3.63, 3.8) is 0 Å². The minimum Gasteiger partial charge on any atom is -0.314 e. The lowest BCUT2D eigenvalue weighted by atomic mass is 10.2. The molecule has 0 aliphatic carbocycles. The second-order valence-corrected chi connectivity index (χ2v) is 4.54. The van der Waals surface area contributed by atoms with E-state index in [0.717, 1.165) is 10.9 Å². The topological polar surface area (TPSA) is 26.0 Å². The summed E-state index contributed by atoms with van der Waals surface area (Å²) < 4.78 is 0.972. The van der Waals surface area contributed by atoms with Gasteiger partial charge in [-0.1, -0.05) is 26.7 Å². The molecule has 2 N–H and O–H groups in total. The molecule has 1 atom stereocenters. The van der Waals surface area contributed by atoms with E-state index in [4.69, 9.17) is 5.73 Å². The molecular weight excluding hydrogens is 160 g/mol. The Balaban J connectivity index is 3.62. The second-order valence-electron chi connectivity index (χ2n) is 4.54. The van der Waals surface area contributed by atoms with Crippen molar-refractivity contribution in [3.05, 3.63) is 0 Å². The van der Waals surface area contributed by atoms with E-state index in [2.05, 4.69) is 27.9 Å². The molecule has 0 aliphatic rings. The van der Waals surface area contributed by atoms with Gasteiger partial charge in [-0.15, -0.1) is 0 Å². The minimum atomic E-state index is 0.307. The van der Waals surface area contributed by atoms with E-state index in [0.29, 0.717) is 6.17 Å². The summed E-state index contributed by atoms with van der Waals surface area (Å²) in [6, 6.07) is 0. The quantitative estimate of drug-likeness (QED) is 0.369. The van der Waals surface area contributed by atoms with Gasteiger partial charge in [-0.05, 0) is 12.8 Å². The first-order chi connectivity index (χ1) is 6.04. The smallest absolute Gasteiger partial charge is 0.139 e. The van der Waals surface area contributed by atoms with Gasteiger partial charge in [-0.3, -0.25) is 5.73 Å². The average Bonchev–Trinajstić information content (AvgIpc) is 2.11. The van der Waals surface area contributed by atoms with Crippen LogP contribution >= 0.6 is 0 Å². The maximum Gasteiger partial charge on any atom is 0.139 e. The first kappa shape index (κ1) is 12.9. The van der Waals surface area contributed by atoms with Crippen LogP contribution in [0.15, 0.2) is 0 Å². The van der Waals surface area contributed by atoms with E-state index in [1.807, 2.05) is 0 Å². The Bertz CT molecular complexity index is 121. The number of nitrogens with zero attached hydrogens (tertiary/aromatic N) is 1. The van der Waals surface area contributed by atoms with Crippen molar-refractivity contribution in [2.45, 2.75) is 52.1 Å². The van der Waals surface area contributed by atoms with Crippen molar-refractivity contribution in [1.29, 1.82) is 0 Å². The zero-order valence-electron chi connectivity index (χ0n) is 9.84. The Hall–Kier alpha value is -0.0800. The van der Waals surface area contributed by atoms with Crippen LogP contribution in [0.5, 0.6) is 0 Å². The van der Waals surface area contributed by atoms with Gasteiger partial charge >= 0.3 is 0 Å². The molecule has 0 fully saturated rings. The summed E-state index contributed by atoms with van der Waals surface area (Å²) in [5, 5.41) is 0. The molecule has 0 saturated heterocycles. The predicted molar refractivity (Wildman–Crippen MR) is 59.4 cm³/mol. The molecule has 0 bridgehead atoms. The predicted octanol–water partition coefficient (Wildman–Crippen LogP) is 2.34. The molecule has 0 spiro atoms. The summed E-state index contributed by atoms with van der Waals surface area (Å²) in [4.78, 5) is 0. The summed E-state index contributed by atoms with van der Waals surface area (Å²) in [6.07, 6.45) is 6.72. The first-order valence-corrected chi connectivity index (χ1v) is 5.62. The fourth-order valence-corrected chi connectivity index (χ4v) is 1.61. The van der Waals surface area contributed by atoms with Crippen LogP contribution in [0.3, 0.4) is 0 Å². The fraction of sp³-hybridized carbons (Fsp3) is 1.00. The van der Waals surface area contributed by atoms with Crippen LogP contribution < -0.4 is 5.73 Å². The number of quaternary nitrogens is 1. The van der Waals surface area contributed by atoms with Gasteiger partial charge in [0.1, 0.15) is 6.17 Å². The minimum absolute atomic E-state index is 0.307. The van der Waals surface area contributed by atoms with Gasteiger partial charge in [0.2, 0.25) is 0 Å². The van der Waals surface area contributed by atoms with Gasteiger partial charge in [0, 0.05) is 6.42 Å². The highest BCUT2D eigenvalue weighted by molar-refractivity contribution is 4.46. The summed E-state index contributed by atoms with van der Waals surface area (Å²) in [6.45, 7) is 5.63. The lowest BCUT2D eigenvalue weighted by Crippen LogP contribution is -2.53. The molecule has 0 radical (unpaired) electrons. The number of nitrogens with two attached hydrogens (primary N) is 1. The van der Waals surface area contributed by atoms with Gasteiger partial charge in [0.05, 0.1) is 20.6 Å². The van der Waals surface area contributed by atoms with Crippen molar-refractivity contribution in [1.82, 2.24) is 0 Å². The van der Waals surface area contributed by atoms with Gasteiger partial charge in [-0.2, -0.15) is 0 Å². The van der Waals surface area contributed by atoms with Crippen molar-refractivity contribution < 1.29 is 4.48 Å². The molecule has 2 heteroatoms. The number of hydrogen-bond donors (Lipinski definition) is 1. The van der Waals surface area contributed by atoms with E-state index in [1.54, 1.807) is 0 Å². The Morgan fingerprint density at radius 1 is 1.08 bits per heavy atom. The Kier molecular flexibility index (Phi) is 6.35. The largest absolute Gasteiger partial charge is 0.314 e. The molecule has 0 aliphatic heterocycles. The highest BCUT2D eigenvalue weighted by Gasteiger charge is 2.21. The zero-order valence-corrected chi connectivity index (χ0v) is 9.84. The summed E-state index contributed by atoms with van der Waals surface area (Å²) in [7, 11) is 4.47. The highest BCUT2D eigenvalue weighted by atomic mass is 15.4. The van der Waals surface area contributed by atoms with Crippen molar-refractivity contribution >= 4 is 0 Å². The van der Waals surface area contributed by atoms with Gasteiger partial charge < -0.3 is 4.48 Å². The van der Waals surface area contributed by atoms with Crippen LogP contribution in [-0.2, 0) is 0 Å². The van der Waals surface area contributed by atoms with Crippen molar-refractivity contribution in [2.24, 2.45) is 5.73 Å². The van der Waals surface area contributed by atoms with E-state index < -0.39 is 0 Å². The Morgan fingerprint density at radius 2 is 1.69 bits per heavy atom. The molecule has 2 nitrogen and oxygen atoms in total. The Morgan fingerprint density at radius 3 is 2.15 bits per heavy atom. The van der Waals surface area contributed by atoms with Crippen LogP contribution in [0.25, 0.3) is 0 Å². The zero-order chi connectivity index (χ0) is 10.3. The lowest BCUT2D eigenvalue weighted by Gasteiger charge is -2.35. The standard InChI is InChI=1S/C11H27N2/c1-5-7-8-9-10-13(3,4)11(12)6-2/h11H,5-10,12H2,1-4H3/q+1. The van der Waals surface area contributed by atoms with E-state index in [9.17, 15) is 0 Å². The normalized spacial score (nSPS) is 14.5. The molecule has 13 heavy (non-hydrogen) atoms. The molecule has 0 aromatic rings. The van der Waals surface area contributed by atoms with Gasteiger partial charge in [-0.25, -0.2) is 0 Å². The third kappa shape index (κ3) is 5.27. The van der Waals surface area contributed by atoms with Crippen molar-refractivity contribution in [3.8, 4) is 0 Å². The third-order valence-electron chi connectivity index (χ3n) is 2.90. The average molecular weight is 187 g/mol.